The van der Waals surface area contributed by atoms with E-state index in [9.17, 15) is 4.79 Å². The van der Waals surface area contributed by atoms with Gasteiger partial charge in [0.25, 0.3) is 11.6 Å². The Bertz CT molecular complexity index is 1380. The summed E-state index contributed by atoms with van der Waals surface area (Å²) in [5, 5.41) is 14.0. The summed E-state index contributed by atoms with van der Waals surface area (Å²) in [5.74, 6) is 0.353. The van der Waals surface area contributed by atoms with E-state index < -0.39 is 0 Å². The molecule has 0 bridgehead atoms. The van der Waals surface area contributed by atoms with E-state index in [0.717, 1.165) is 10.4 Å². The second-order valence-corrected chi connectivity index (χ2v) is 8.25. The molecule has 1 N–H and O–H groups in total. The molecule has 0 unspecified atom stereocenters. The van der Waals surface area contributed by atoms with E-state index in [4.69, 9.17) is 4.52 Å². The molecule has 7 nitrogen and oxygen atoms in total. The van der Waals surface area contributed by atoms with Gasteiger partial charge in [-0.15, -0.1) is 11.3 Å². The van der Waals surface area contributed by atoms with Gasteiger partial charge in [0.2, 0.25) is 0 Å². The minimum Gasteiger partial charge on any atom is -0.335 e. The highest BCUT2D eigenvalue weighted by atomic mass is 32.1. The molecule has 0 aliphatic carbocycles. The molecule has 0 atom stereocenters. The van der Waals surface area contributed by atoms with Crippen LogP contribution in [0.1, 0.15) is 27.2 Å². The predicted octanol–water partition coefficient (Wildman–Crippen LogP) is 5.07. The number of amides is 1. The first-order valence-electron chi connectivity index (χ1n) is 9.78. The minimum absolute atomic E-state index is 0.262. The first-order valence-corrected chi connectivity index (χ1v) is 10.7. The maximum absolute atomic E-state index is 13.3. The number of nitrogens with one attached hydrogen (secondary N) is 1. The summed E-state index contributed by atoms with van der Waals surface area (Å²) in [5.41, 5.74) is 4.41. The first kappa shape index (κ1) is 19.2. The van der Waals surface area contributed by atoms with E-state index in [1.165, 1.54) is 5.56 Å². The van der Waals surface area contributed by atoms with Crippen molar-refractivity contribution in [1.29, 1.82) is 0 Å². The summed E-state index contributed by atoms with van der Waals surface area (Å²) in [6.07, 6.45) is 1.68. The third-order valence-electron chi connectivity index (χ3n) is 5.01. The zero-order valence-electron chi connectivity index (χ0n) is 17.0. The van der Waals surface area contributed by atoms with Gasteiger partial charge in [0.1, 0.15) is 5.82 Å². The Morgan fingerprint density at radius 2 is 2.06 bits per heavy atom. The second kappa shape index (κ2) is 7.81. The smallest absolute Gasteiger partial charge is 0.259 e. The summed E-state index contributed by atoms with van der Waals surface area (Å²) >= 11 is 1.55. The first-order chi connectivity index (χ1) is 15.1. The molecular formula is C23H19N5O2S. The van der Waals surface area contributed by atoms with Crippen LogP contribution in [0.25, 0.3) is 21.7 Å². The third kappa shape index (κ3) is 3.73. The zero-order chi connectivity index (χ0) is 21.4. The Morgan fingerprint density at radius 1 is 1.16 bits per heavy atom. The van der Waals surface area contributed by atoms with E-state index in [1.807, 2.05) is 29.6 Å². The molecule has 0 fully saturated rings. The van der Waals surface area contributed by atoms with Gasteiger partial charge in [-0.3, -0.25) is 4.79 Å². The Kier molecular flexibility index (Phi) is 4.83. The summed E-state index contributed by atoms with van der Waals surface area (Å²) < 4.78 is 7.14. The van der Waals surface area contributed by atoms with E-state index in [0.29, 0.717) is 40.4 Å². The van der Waals surface area contributed by atoms with Crippen molar-refractivity contribution >= 4 is 34.2 Å². The van der Waals surface area contributed by atoms with Crippen LogP contribution in [0.3, 0.4) is 0 Å². The molecule has 0 spiro atoms. The zero-order valence-corrected chi connectivity index (χ0v) is 17.8. The van der Waals surface area contributed by atoms with Gasteiger partial charge < -0.3 is 9.84 Å². The van der Waals surface area contributed by atoms with Crippen LogP contribution < -0.4 is 5.32 Å². The maximum atomic E-state index is 13.3. The van der Waals surface area contributed by atoms with Gasteiger partial charge in [-0.05, 0) is 36.9 Å². The summed E-state index contributed by atoms with van der Waals surface area (Å²) in [6.45, 7) is 4.41. The van der Waals surface area contributed by atoms with Gasteiger partial charge in [0.15, 0.2) is 0 Å². The monoisotopic (exact) mass is 429 g/mol. The normalized spacial score (nSPS) is 11.2. The van der Waals surface area contributed by atoms with E-state index in [1.54, 1.807) is 41.3 Å². The van der Waals surface area contributed by atoms with Crippen molar-refractivity contribution in [2.24, 2.45) is 0 Å². The number of fused-ring (bicyclic) bond motifs is 1. The van der Waals surface area contributed by atoms with Crippen molar-refractivity contribution in [3.63, 3.8) is 0 Å². The Balaban J connectivity index is 1.49. The van der Waals surface area contributed by atoms with E-state index >= 15 is 0 Å². The van der Waals surface area contributed by atoms with Crippen molar-refractivity contribution in [3.05, 3.63) is 82.5 Å². The number of aromatic nitrogens is 4. The lowest BCUT2D eigenvalue weighted by Crippen LogP contribution is -2.17. The van der Waals surface area contributed by atoms with Crippen LogP contribution in [-0.4, -0.2) is 25.8 Å². The standard InChI is InChI=1S/C23H19N5O2S/c1-14-5-3-6-16(11-14)13-28-20(8-9-24-28)26-22(29)17-12-18(19-7-4-10-31-19)25-23-21(17)15(2)27-30-23/h3-12H,13H2,1-2H3,(H,26,29). The highest BCUT2D eigenvalue weighted by Gasteiger charge is 2.20. The number of carbonyl (C=O) groups excluding carboxylic acids is 1. The molecule has 0 saturated heterocycles. The van der Waals surface area contributed by atoms with Crippen LogP contribution in [0.2, 0.25) is 0 Å². The van der Waals surface area contributed by atoms with Gasteiger partial charge in [-0.2, -0.15) is 5.10 Å². The number of pyridine rings is 1. The number of aryl methyl sites for hydroxylation is 2. The van der Waals surface area contributed by atoms with Gasteiger partial charge >= 0.3 is 0 Å². The molecule has 4 heterocycles. The lowest BCUT2D eigenvalue weighted by molar-refractivity contribution is 0.102. The fraction of sp³-hybridized carbons (Fsp3) is 0.130. The lowest BCUT2D eigenvalue weighted by atomic mass is 10.1. The molecule has 0 radical (unpaired) electrons. The number of hydrogen-bond donors (Lipinski definition) is 1. The molecule has 1 aromatic carbocycles. The fourth-order valence-corrected chi connectivity index (χ4v) is 4.24. The van der Waals surface area contributed by atoms with Gasteiger partial charge in [-0.1, -0.05) is 41.1 Å². The van der Waals surface area contributed by atoms with Crippen LogP contribution in [-0.2, 0) is 6.54 Å². The lowest BCUT2D eigenvalue weighted by Gasteiger charge is -2.11. The molecule has 31 heavy (non-hydrogen) atoms. The summed E-state index contributed by atoms with van der Waals surface area (Å²) in [7, 11) is 0. The fourth-order valence-electron chi connectivity index (χ4n) is 3.56. The molecule has 4 aromatic heterocycles. The van der Waals surface area contributed by atoms with Gasteiger partial charge in [0.05, 0.1) is 40.0 Å². The molecule has 5 aromatic rings. The summed E-state index contributed by atoms with van der Waals surface area (Å²) in [4.78, 5) is 18.8. The Morgan fingerprint density at radius 3 is 2.87 bits per heavy atom. The van der Waals surface area contributed by atoms with Crippen LogP contribution >= 0.6 is 11.3 Å². The second-order valence-electron chi connectivity index (χ2n) is 7.30. The Hall–Kier alpha value is -3.78. The molecule has 8 heteroatoms. The molecule has 5 rings (SSSR count). The number of hydrogen-bond acceptors (Lipinski definition) is 6. The average molecular weight is 430 g/mol. The van der Waals surface area contributed by atoms with Crippen LogP contribution in [0, 0.1) is 13.8 Å². The number of rotatable bonds is 5. The van der Waals surface area contributed by atoms with Crippen LogP contribution in [0.15, 0.2) is 64.6 Å². The van der Waals surface area contributed by atoms with Crippen molar-refractivity contribution in [2.75, 3.05) is 5.32 Å². The van der Waals surface area contributed by atoms with Crippen LogP contribution in [0.4, 0.5) is 5.82 Å². The largest absolute Gasteiger partial charge is 0.335 e. The van der Waals surface area contributed by atoms with Crippen LogP contribution in [0.5, 0.6) is 0 Å². The van der Waals surface area contributed by atoms with E-state index in [2.05, 4.69) is 39.6 Å². The van der Waals surface area contributed by atoms with Crippen molar-refractivity contribution in [1.82, 2.24) is 19.9 Å². The predicted molar refractivity (Wildman–Crippen MR) is 120 cm³/mol. The van der Waals surface area contributed by atoms with E-state index in [-0.39, 0.29) is 5.91 Å². The maximum Gasteiger partial charge on any atom is 0.259 e. The third-order valence-corrected chi connectivity index (χ3v) is 5.90. The minimum atomic E-state index is -0.262. The number of benzene rings is 1. The highest BCUT2D eigenvalue weighted by molar-refractivity contribution is 7.13. The molecule has 0 aliphatic heterocycles. The number of carbonyl (C=O) groups is 1. The van der Waals surface area contributed by atoms with Crippen molar-refractivity contribution < 1.29 is 9.32 Å². The number of anilines is 1. The highest BCUT2D eigenvalue weighted by Crippen LogP contribution is 2.30. The van der Waals surface area contributed by atoms with Gasteiger partial charge in [-0.25, -0.2) is 9.67 Å². The van der Waals surface area contributed by atoms with Gasteiger partial charge in [0, 0.05) is 6.07 Å². The molecular weight excluding hydrogens is 410 g/mol. The quantitative estimate of drug-likeness (QED) is 0.422. The summed E-state index contributed by atoms with van der Waals surface area (Å²) in [6, 6.07) is 15.7. The Labute approximate surface area is 182 Å². The molecule has 0 aliphatic rings. The molecule has 154 valence electrons. The molecule has 0 saturated carbocycles. The average Bonchev–Trinajstić information content (AvgIpc) is 3.50. The number of nitrogens with zero attached hydrogens (tertiary/aromatic N) is 4. The SMILES string of the molecule is Cc1cccc(Cn2nccc2NC(=O)c2cc(-c3cccs3)nc3onc(C)c23)c1. The molecule has 1 amide bonds. The van der Waals surface area contributed by atoms with Crippen molar-refractivity contribution in [3.8, 4) is 10.6 Å². The number of thiophene rings is 1. The van der Waals surface area contributed by atoms with Crippen molar-refractivity contribution in [2.45, 2.75) is 20.4 Å². The topological polar surface area (TPSA) is 85.8 Å².